The normalized spacial score (nSPS) is 23.2. The van der Waals surface area contributed by atoms with Crippen LogP contribution in [0.25, 0.3) is 0 Å². The standard InChI is InChI=1S/C14H19NO4/c16-9-12-6-13(17)8-15(7-12)14(18)19-10-11-4-2-1-3-5-11/h1-5,12-13,16-17H,6-10H2. The van der Waals surface area contributed by atoms with E-state index in [4.69, 9.17) is 9.84 Å². The number of aliphatic hydroxyl groups excluding tert-OH is 2. The molecule has 0 bridgehead atoms. The molecule has 5 nitrogen and oxygen atoms in total. The van der Waals surface area contributed by atoms with Crippen molar-refractivity contribution >= 4 is 6.09 Å². The summed E-state index contributed by atoms with van der Waals surface area (Å²) in [6.07, 6.45) is -0.505. The Morgan fingerprint density at radius 2 is 2.05 bits per heavy atom. The third-order valence-electron chi connectivity index (χ3n) is 3.24. The molecule has 2 atom stereocenters. The van der Waals surface area contributed by atoms with Crippen molar-refractivity contribution in [3.8, 4) is 0 Å². The van der Waals surface area contributed by atoms with Crippen LogP contribution in [0.2, 0.25) is 0 Å². The van der Waals surface area contributed by atoms with Gasteiger partial charge in [-0.25, -0.2) is 4.79 Å². The maximum atomic E-state index is 11.9. The summed E-state index contributed by atoms with van der Waals surface area (Å²) in [4.78, 5) is 13.3. The molecule has 5 heteroatoms. The van der Waals surface area contributed by atoms with E-state index >= 15 is 0 Å². The Morgan fingerprint density at radius 1 is 1.32 bits per heavy atom. The minimum absolute atomic E-state index is 0.0282. The van der Waals surface area contributed by atoms with E-state index in [1.54, 1.807) is 0 Å². The van der Waals surface area contributed by atoms with Crippen molar-refractivity contribution in [3.63, 3.8) is 0 Å². The van der Waals surface area contributed by atoms with Crippen molar-refractivity contribution in [2.45, 2.75) is 19.1 Å². The zero-order valence-electron chi connectivity index (χ0n) is 10.7. The lowest BCUT2D eigenvalue weighted by Crippen LogP contribution is -2.47. The van der Waals surface area contributed by atoms with Gasteiger partial charge in [0.25, 0.3) is 0 Å². The quantitative estimate of drug-likeness (QED) is 0.855. The number of carbonyl (C=O) groups is 1. The Morgan fingerprint density at radius 3 is 2.74 bits per heavy atom. The first-order valence-corrected chi connectivity index (χ1v) is 6.43. The Bertz CT molecular complexity index is 409. The molecule has 19 heavy (non-hydrogen) atoms. The molecule has 1 fully saturated rings. The molecule has 1 aromatic carbocycles. The molecule has 2 N–H and O–H groups in total. The molecular formula is C14H19NO4. The minimum atomic E-state index is -0.588. The van der Waals surface area contributed by atoms with Crippen LogP contribution in [0.15, 0.2) is 30.3 Å². The van der Waals surface area contributed by atoms with Crippen molar-refractivity contribution in [3.05, 3.63) is 35.9 Å². The summed E-state index contributed by atoms with van der Waals surface area (Å²) in [6, 6.07) is 9.44. The molecule has 0 radical (unpaired) electrons. The number of hydrogen-bond acceptors (Lipinski definition) is 4. The molecule has 0 aliphatic carbocycles. The number of aliphatic hydroxyl groups is 2. The molecule has 1 aliphatic rings. The average Bonchev–Trinajstić information content (AvgIpc) is 2.45. The molecule has 1 heterocycles. The third-order valence-corrected chi connectivity index (χ3v) is 3.24. The van der Waals surface area contributed by atoms with Crippen LogP contribution in [-0.4, -0.2) is 47.0 Å². The van der Waals surface area contributed by atoms with Gasteiger partial charge in [0.15, 0.2) is 0 Å². The molecule has 1 amide bonds. The van der Waals surface area contributed by atoms with Crippen LogP contribution in [0, 0.1) is 5.92 Å². The molecule has 0 aromatic heterocycles. The summed E-state index contributed by atoms with van der Waals surface area (Å²) in [5.41, 5.74) is 0.923. The number of piperidine rings is 1. The summed E-state index contributed by atoms with van der Waals surface area (Å²) in [7, 11) is 0. The Labute approximate surface area is 112 Å². The lowest BCUT2D eigenvalue weighted by atomic mass is 9.97. The fourth-order valence-electron chi connectivity index (χ4n) is 2.27. The first-order valence-electron chi connectivity index (χ1n) is 6.43. The highest BCUT2D eigenvalue weighted by Gasteiger charge is 2.29. The average molecular weight is 265 g/mol. The van der Waals surface area contributed by atoms with E-state index in [9.17, 15) is 9.90 Å². The van der Waals surface area contributed by atoms with Crippen LogP contribution in [0.1, 0.15) is 12.0 Å². The second-order valence-electron chi connectivity index (χ2n) is 4.88. The minimum Gasteiger partial charge on any atom is -0.445 e. The van der Waals surface area contributed by atoms with E-state index in [2.05, 4.69) is 0 Å². The number of β-amino-alcohol motifs (C(OH)–C–C–N with tert-alkyl or cyclic N) is 1. The highest BCUT2D eigenvalue weighted by Crippen LogP contribution is 2.17. The predicted octanol–water partition coefficient (Wildman–Crippen LogP) is 0.998. The van der Waals surface area contributed by atoms with E-state index in [0.717, 1.165) is 5.56 Å². The molecular weight excluding hydrogens is 246 g/mol. The van der Waals surface area contributed by atoms with E-state index in [1.165, 1.54) is 4.90 Å². The number of amides is 1. The second-order valence-corrected chi connectivity index (χ2v) is 4.88. The number of hydrogen-bond donors (Lipinski definition) is 2. The zero-order chi connectivity index (χ0) is 13.7. The number of benzene rings is 1. The van der Waals surface area contributed by atoms with Gasteiger partial charge in [0.2, 0.25) is 0 Å². The summed E-state index contributed by atoms with van der Waals surface area (Å²) >= 11 is 0. The van der Waals surface area contributed by atoms with Crippen molar-refractivity contribution in [2.24, 2.45) is 5.92 Å². The lowest BCUT2D eigenvalue weighted by molar-refractivity contribution is 0.0127. The van der Waals surface area contributed by atoms with Gasteiger partial charge in [-0.05, 0) is 12.0 Å². The van der Waals surface area contributed by atoms with E-state index in [1.807, 2.05) is 30.3 Å². The van der Waals surface area contributed by atoms with Crippen molar-refractivity contribution < 1.29 is 19.7 Å². The molecule has 1 saturated heterocycles. The molecule has 1 aromatic rings. The first kappa shape index (κ1) is 13.8. The Balaban J connectivity index is 1.85. The topological polar surface area (TPSA) is 70.0 Å². The van der Waals surface area contributed by atoms with Crippen molar-refractivity contribution in [2.75, 3.05) is 19.7 Å². The molecule has 0 spiro atoms. The van der Waals surface area contributed by atoms with Gasteiger partial charge in [-0.2, -0.15) is 0 Å². The van der Waals surface area contributed by atoms with Crippen LogP contribution in [0.3, 0.4) is 0 Å². The molecule has 2 unspecified atom stereocenters. The van der Waals surface area contributed by atoms with Gasteiger partial charge in [-0.3, -0.25) is 0 Å². The fraction of sp³-hybridized carbons (Fsp3) is 0.500. The van der Waals surface area contributed by atoms with Gasteiger partial charge in [0.1, 0.15) is 6.61 Å². The molecule has 0 saturated carbocycles. The fourth-order valence-corrected chi connectivity index (χ4v) is 2.27. The third kappa shape index (κ3) is 3.94. The van der Waals surface area contributed by atoms with Crippen LogP contribution in [0.5, 0.6) is 0 Å². The summed E-state index contributed by atoms with van der Waals surface area (Å²) in [5, 5.41) is 18.8. The molecule has 104 valence electrons. The Kier molecular flexibility index (Phi) is 4.76. The summed E-state index contributed by atoms with van der Waals surface area (Å²) in [6.45, 7) is 0.890. The smallest absolute Gasteiger partial charge is 0.410 e. The van der Waals surface area contributed by atoms with E-state index < -0.39 is 12.2 Å². The molecule has 2 rings (SSSR count). The summed E-state index contributed by atoms with van der Waals surface area (Å²) < 4.78 is 5.20. The second kappa shape index (κ2) is 6.54. The number of ether oxygens (including phenoxy) is 1. The monoisotopic (exact) mass is 265 g/mol. The van der Waals surface area contributed by atoms with Gasteiger partial charge in [-0.1, -0.05) is 30.3 Å². The Hall–Kier alpha value is -1.59. The van der Waals surface area contributed by atoms with Crippen LogP contribution in [-0.2, 0) is 11.3 Å². The van der Waals surface area contributed by atoms with Crippen LogP contribution >= 0.6 is 0 Å². The van der Waals surface area contributed by atoms with Gasteiger partial charge in [0, 0.05) is 25.6 Å². The van der Waals surface area contributed by atoms with Crippen molar-refractivity contribution in [1.29, 1.82) is 0 Å². The predicted molar refractivity (Wildman–Crippen MR) is 69.4 cm³/mol. The zero-order valence-corrected chi connectivity index (χ0v) is 10.7. The van der Waals surface area contributed by atoms with Gasteiger partial charge >= 0.3 is 6.09 Å². The highest BCUT2D eigenvalue weighted by atomic mass is 16.6. The van der Waals surface area contributed by atoms with E-state index in [-0.39, 0.29) is 25.7 Å². The maximum absolute atomic E-state index is 11.9. The number of nitrogens with zero attached hydrogens (tertiary/aromatic N) is 1. The van der Waals surface area contributed by atoms with Crippen LogP contribution < -0.4 is 0 Å². The van der Waals surface area contributed by atoms with E-state index in [0.29, 0.717) is 13.0 Å². The first-order chi connectivity index (χ1) is 9.19. The maximum Gasteiger partial charge on any atom is 0.410 e. The largest absolute Gasteiger partial charge is 0.445 e. The molecule has 1 aliphatic heterocycles. The van der Waals surface area contributed by atoms with Crippen LogP contribution in [0.4, 0.5) is 4.79 Å². The number of carbonyl (C=O) groups excluding carboxylic acids is 1. The number of rotatable bonds is 3. The van der Waals surface area contributed by atoms with Crippen molar-refractivity contribution in [1.82, 2.24) is 4.90 Å². The lowest BCUT2D eigenvalue weighted by Gasteiger charge is -2.34. The SMILES string of the molecule is O=C(OCc1ccccc1)N1CC(O)CC(CO)C1. The summed E-state index contributed by atoms with van der Waals surface area (Å²) in [5.74, 6) is -0.0759. The van der Waals surface area contributed by atoms with Gasteiger partial charge in [0.05, 0.1) is 6.10 Å². The number of likely N-dealkylation sites (tertiary alicyclic amines) is 1. The highest BCUT2D eigenvalue weighted by molar-refractivity contribution is 5.67. The van der Waals surface area contributed by atoms with Gasteiger partial charge in [-0.15, -0.1) is 0 Å². The van der Waals surface area contributed by atoms with Gasteiger partial charge < -0.3 is 19.8 Å².